The smallest absolute Gasteiger partial charge is 0.124 e. The molecule has 1 N–H and O–H groups in total. The van der Waals surface area contributed by atoms with Gasteiger partial charge in [0.05, 0.1) is 11.3 Å². The van der Waals surface area contributed by atoms with Crippen molar-refractivity contribution >= 4 is 5.69 Å². The fourth-order valence-corrected chi connectivity index (χ4v) is 2.78. The maximum absolute atomic E-state index is 13.1. The summed E-state index contributed by atoms with van der Waals surface area (Å²) in [7, 11) is 0. The summed E-state index contributed by atoms with van der Waals surface area (Å²) in [5.41, 5.74) is 1.08. The van der Waals surface area contributed by atoms with Gasteiger partial charge in [0.2, 0.25) is 0 Å². The molecule has 0 saturated carbocycles. The van der Waals surface area contributed by atoms with Crippen molar-refractivity contribution in [1.29, 1.82) is 5.26 Å². The molecule has 1 aromatic carbocycles. The minimum atomic E-state index is -0.370. The number of likely N-dealkylation sites (tertiary alicyclic amines) is 1. The molecule has 2 atom stereocenters. The van der Waals surface area contributed by atoms with Crippen molar-refractivity contribution in [1.82, 2.24) is 4.90 Å². The van der Waals surface area contributed by atoms with Crippen LogP contribution in [0.15, 0.2) is 18.2 Å². The lowest BCUT2D eigenvalue weighted by Crippen LogP contribution is -2.43. The molecule has 108 valence electrons. The fourth-order valence-electron chi connectivity index (χ4n) is 2.78. The monoisotopic (exact) mass is 275 g/mol. The highest BCUT2D eigenvalue weighted by Gasteiger charge is 2.20. The van der Waals surface area contributed by atoms with Gasteiger partial charge >= 0.3 is 0 Å². The van der Waals surface area contributed by atoms with Gasteiger partial charge in [0.25, 0.3) is 0 Å². The maximum atomic E-state index is 13.1. The SMILES string of the molecule is CC1CCCN(C(C)CNc2ccc(F)cc2C#N)C1. The highest BCUT2D eigenvalue weighted by Crippen LogP contribution is 2.19. The van der Waals surface area contributed by atoms with Gasteiger partial charge in [0, 0.05) is 19.1 Å². The van der Waals surface area contributed by atoms with Crippen molar-refractivity contribution in [2.45, 2.75) is 32.7 Å². The third kappa shape index (κ3) is 3.71. The summed E-state index contributed by atoms with van der Waals surface area (Å²) in [6.07, 6.45) is 2.57. The van der Waals surface area contributed by atoms with E-state index < -0.39 is 0 Å². The molecule has 1 aliphatic rings. The average Bonchev–Trinajstić information content (AvgIpc) is 2.45. The van der Waals surface area contributed by atoms with Gasteiger partial charge in [-0.3, -0.25) is 4.90 Å². The maximum Gasteiger partial charge on any atom is 0.124 e. The first-order valence-corrected chi connectivity index (χ1v) is 7.27. The summed E-state index contributed by atoms with van der Waals surface area (Å²) >= 11 is 0. The zero-order chi connectivity index (χ0) is 14.5. The van der Waals surface area contributed by atoms with E-state index in [0.29, 0.717) is 17.3 Å². The summed E-state index contributed by atoms with van der Waals surface area (Å²) < 4.78 is 13.1. The number of hydrogen-bond acceptors (Lipinski definition) is 3. The van der Waals surface area contributed by atoms with E-state index in [1.54, 1.807) is 6.07 Å². The average molecular weight is 275 g/mol. The van der Waals surface area contributed by atoms with Crippen LogP contribution in [-0.4, -0.2) is 30.6 Å². The molecule has 0 bridgehead atoms. The van der Waals surface area contributed by atoms with Gasteiger partial charge in [0.15, 0.2) is 0 Å². The van der Waals surface area contributed by atoms with Crippen LogP contribution < -0.4 is 5.32 Å². The normalized spacial score (nSPS) is 21.2. The number of nitrogens with zero attached hydrogens (tertiary/aromatic N) is 2. The molecule has 2 unspecified atom stereocenters. The first-order valence-electron chi connectivity index (χ1n) is 7.27. The standard InChI is InChI=1S/C16H22FN3/c1-12-4-3-7-20(11-12)13(2)10-19-16-6-5-15(17)8-14(16)9-18/h5-6,8,12-13,19H,3-4,7,10-11H2,1-2H3. The van der Waals surface area contributed by atoms with Crippen LogP contribution >= 0.6 is 0 Å². The quantitative estimate of drug-likeness (QED) is 0.917. The lowest BCUT2D eigenvalue weighted by Gasteiger charge is -2.35. The molecule has 0 radical (unpaired) electrons. The molecule has 3 nitrogen and oxygen atoms in total. The summed E-state index contributed by atoms with van der Waals surface area (Å²) in [6, 6.07) is 6.74. The molecule has 4 heteroatoms. The Morgan fingerprint density at radius 2 is 2.35 bits per heavy atom. The second-order valence-corrected chi connectivity index (χ2v) is 5.77. The summed E-state index contributed by atoms with van der Waals surface area (Å²) in [6.45, 7) is 7.53. The van der Waals surface area contributed by atoms with Crippen molar-refractivity contribution in [2.75, 3.05) is 25.0 Å². The number of nitriles is 1. The van der Waals surface area contributed by atoms with E-state index in [0.717, 1.165) is 25.6 Å². The van der Waals surface area contributed by atoms with Crippen LogP contribution in [0.2, 0.25) is 0 Å². The van der Waals surface area contributed by atoms with Gasteiger partial charge in [-0.2, -0.15) is 5.26 Å². The van der Waals surface area contributed by atoms with Crippen molar-refractivity contribution in [3.05, 3.63) is 29.6 Å². The highest BCUT2D eigenvalue weighted by molar-refractivity contribution is 5.57. The topological polar surface area (TPSA) is 39.1 Å². The van der Waals surface area contributed by atoms with Gasteiger partial charge in [-0.1, -0.05) is 6.92 Å². The second kappa shape index (κ2) is 6.71. The molecule has 0 amide bonds. The van der Waals surface area contributed by atoms with Gasteiger partial charge in [0.1, 0.15) is 11.9 Å². The van der Waals surface area contributed by atoms with E-state index in [-0.39, 0.29) is 5.82 Å². The molecule has 1 aliphatic heterocycles. The number of benzene rings is 1. The Balaban J connectivity index is 1.93. The van der Waals surface area contributed by atoms with Crippen LogP contribution in [0.1, 0.15) is 32.3 Å². The minimum Gasteiger partial charge on any atom is -0.382 e. The number of rotatable bonds is 4. The minimum absolute atomic E-state index is 0.365. The Bertz CT molecular complexity index is 495. The van der Waals surface area contributed by atoms with Crippen molar-refractivity contribution < 1.29 is 4.39 Å². The van der Waals surface area contributed by atoms with Gasteiger partial charge in [-0.15, -0.1) is 0 Å². The van der Waals surface area contributed by atoms with Gasteiger partial charge in [-0.25, -0.2) is 4.39 Å². The first kappa shape index (κ1) is 14.8. The van der Waals surface area contributed by atoms with Crippen LogP contribution in [0, 0.1) is 23.1 Å². The Morgan fingerprint density at radius 3 is 3.05 bits per heavy atom. The lowest BCUT2D eigenvalue weighted by molar-refractivity contribution is 0.144. The largest absolute Gasteiger partial charge is 0.382 e. The fraction of sp³-hybridized carbons (Fsp3) is 0.562. The predicted molar refractivity (Wildman–Crippen MR) is 79.0 cm³/mol. The molecule has 0 aliphatic carbocycles. The third-order valence-electron chi connectivity index (χ3n) is 4.00. The van der Waals surface area contributed by atoms with Crippen molar-refractivity contribution in [3.8, 4) is 6.07 Å². The van der Waals surface area contributed by atoms with E-state index in [9.17, 15) is 4.39 Å². The Kier molecular flexibility index (Phi) is 4.97. The first-order chi connectivity index (χ1) is 9.60. The van der Waals surface area contributed by atoms with E-state index >= 15 is 0 Å². The van der Waals surface area contributed by atoms with Crippen LogP contribution in [0.25, 0.3) is 0 Å². The van der Waals surface area contributed by atoms with Gasteiger partial charge < -0.3 is 5.32 Å². The van der Waals surface area contributed by atoms with Crippen LogP contribution in [0.3, 0.4) is 0 Å². The van der Waals surface area contributed by atoms with Crippen molar-refractivity contribution in [2.24, 2.45) is 5.92 Å². The van der Waals surface area contributed by atoms with Gasteiger partial charge in [-0.05, 0) is 50.4 Å². The van der Waals surface area contributed by atoms with E-state index in [1.807, 2.05) is 6.07 Å². The number of anilines is 1. The Hall–Kier alpha value is -1.60. The van der Waals surface area contributed by atoms with Crippen LogP contribution in [0.4, 0.5) is 10.1 Å². The van der Waals surface area contributed by atoms with Crippen LogP contribution in [-0.2, 0) is 0 Å². The summed E-state index contributed by atoms with van der Waals surface area (Å²) in [5, 5.41) is 12.3. The number of hydrogen-bond donors (Lipinski definition) is 1. The molecular formula is C16H22FN3. The van der Waals surface area contributed by atoms with E-state index in [2.05, 4.69) is 24.1 Å². The molecule has 1 heterocycles. The molecule has 0 spiro atoms. The van der Waals surface area contributed by atoms with Crippen LogP contribution in [0.5, 0.6) is 0 Å². The van der Waals surface area contributed by atoms with Crippen molar-refractivity contribution in [3.63, 3.8) is 0 Å². The number of nitrogens with one attached hydrogen (secondary N) is 1. The Labute approximate surface area is 120 Å². The summed E-state index contributed by atoms with van der Waals surface area (Å²) in [4.78, 5) is 2.48. The van der Waals surface area contributed by atoms with E-state index in [1.165, 1.54) is 25.0 Å². The molecule has 2 rings (SSSR count). The molecule has 20 heavy (non-hydrogen) atoms. The zero-order valence-corrected chi connectivity index (χ0v) is 12.2. The number of halogens is 1. The van der Waals surface area contributed by atoms with E-state index in [4.69, 9.17) is 5.26 Å². The molecule has 1 aromatic rings. The highest BCUT2D eigenvalue weighted by atomic mass is 19.1. The molecule has 1 saturated heterocycles. The molecule has 1 fully saturated rings. The second-order valence-electron chi connectivity index (χ2n) is 5.77. The molecular weight excluding hydrogens is 253 g/mol. The predicted octanol–water partition coefficient (Wildman–Crippen LogP) is 3.23. The Morgan fingerprint density at radius 1 is 1.55 bits per heavy atom. The molecule has 0 aromatic heterocycles. The number of piperidine rings is 1. The lowest BCUT2D eigenvalue weighted by atomic mass is 9.99. The summed E-state index contributed by atoms with van der Waals surface area (Å²) in [5.74, 6) is 0.386. The third-order valence-corrected chi connectivity index (χ3v) is 4.00. The zero-order valence-electron chi connectivity index (χ0n) is 12.2.